The zero-order chi connectivity index (χ0) is 31.1. The van der Waals surface area contributed by atoms with Gasteiger partial charge in [-0.2, -0.15) is 0 Å². The number of nitrogens with one attached hydrogen (secondary N) is 1. The molecule has 234 valence electrons. The Hall–Kier alpha value is -4.41. The molecule has 2 aromatic carbocycles. The van der Waals surface area contributed by atoms with Crippen LogP contribution in [0.25, 0.3) is 27.7 Å². The van der Waals surface area contributed by atoms with Gasteiger partial charge in [0.15, 0.2) is 0 Å². The van der Waals surface area contributed by atoms with Crippen LogP contribution in [0.5, 0.6) is 11.5 Å². The molecule has 2 aliphatic heterocycles. The van der Waals surface area contributed by atoms with Crippen molar-refractivity contribution in [3.05, 3.63) is 72.1 Å². The summed E-state index contributed by atoms with van der Waals surface area (Å²) in [6, 6.07) is 14.1. The number of likely N-dealkylation sites (tertiary alicyclic amines) is 1. The predicted octanol–water partition coefficient (Wildman–Crippen LogP) is 5.82. The van der Waals surface area contributed by atoms with Gasteiger partial charge in [0.1, 0.15) is 23.0 Å². The van der Waals surface area contributed by atoms with Crippen molar-refractivity contribution in [1.82, 2.24) is 23.8 Å². The van der Waals surface area contributed by atoms with Crippen molar-refractivity contribution in [3.63, 3.8) is 0 Å². The second-order valence-corrected chi connectivity index (χ2v) is 12.1. The predicted molar refractivity (Wildman–Crippen MR) is 175 cm³/mol. The maximum Gasteiger partial charge on any atom is 0.272 e. The highest BCUT2D eigenvalue weighted by Crippen LogP contribution is 2.37. The smallest absolute Gasteiger partial charge is 0.272 e. The summed E-state index contributed by atoms with van der Waals surface area (Å²) >= 11 is 0. The third-order valence-electron chi connectivity index (χ3n) is 9.59. The fraction of sp³-hybridized carbons (Fsp3) is 0.400. The van der Waals surface area contributed by atoms with Crippen LogP contribution in [0.15, 0.2) is 54.9 Å². The van der Waals surface area contributed by atoms with Crippen LogP contribution in [-0.2, 0) is 11.8 Å². The summed E-state index contributed by atoms with van der Waals surface area (Å²) in [6.07, 6.45) is 8.29. The van der Waals surface area contributed by atoms with Crippen LogP contribution in [-0.4, -0.2) is 76.3 Å². The highest BCUT2D eigenvalue weighted by atomic mass is 16.5. The van der Waals surface area contributed by atoms with Crippen LogP contribution >= 0.6 is 0 Å². The van der Waals surface area contributed by atoms with Gasteiger partial charge in [-0.25, -0.2) is 4.98 Å². The lowest BCUT2D eigenvalue weighted by Crippen LogP contribution is -2.43. The van der Waals surface area contributed by atoms with E-state index in [2.05, 4.69) is 19.6 Å². The number of aromatic nitrogens is 4. The second kappa shape index (κ2) is 12.2. The first-order chi connectivity index (χ1) is 22.0. The lowest BCUT2D eigenvalue weighted by Gasteiger charge is -2.38. The summed E-state index contributed by atoms with van der Waals surface area (Å²) in [5.41, 5.74) is 5.74. The number of amides is 1. The molecular formula is C35H40N6O4. The molecule has 2 aliphatic rings. The molecule has 5 aromatic rings. The number of ether oxygens (including phenoxy) is 3. The van der Waals surface area contributed by atoms with Crippen molar-refractivity contribution in [2.75, 3.05) is 45.8 Å². The summed E-state index contributed by atoms with van der Waals surface area (Å²) in [5.74, 6) is 2.50. The van der Waals surface area contributed by atoms with E-state index in [9.17, 15) is 4.79 Å². The SMILES string of the molecule is COc1cc(-c2nc(C3CCN(C4CCOCC4)CC3)n3ccnc(C)c23)ccc1NC(=O)c1cc2c(OC)cccc2n1C. The molecule has 0 atom stereocenters. The van der Waals surface area contributed by atoms with Gasteiger partial charge in [-0.15, -0.1) is 0 Å². The average Bonchev–Trinajstić information content (AvgIpc) is 3.64. The maximum absolute atomic E-state index is 13.5. The van der Waals surface area contributed by atoms with E-state index < -0.39 is 0 Å². The van der Waals surface area contributed by atoms with Crippen LogP contribution in [0, 0.1) is 6.92 Å². The van der Waals surface area contributed by atoms with Crippen LogP contribution in [0.2, 0.25) is 0 Å². The second-order valence-electron chi connectivity index (χ2n) is 12.1. The Kier molecular flexibility index (Phi) is 7.93. The Bertz CT molecular complexity index is 1860. The number of hydrogen-bond acceptors (Lipinski definition) is 7. The third kappa shape index (κ3) is 5.32. The van der Waals surface area contributed by atoms with Crippen molar-refractivity contribution in [2.24, 2.45) is 7.05 Å². The molecule has 5 heterocycles. The van der Waals surface area contributed by atoms with E-state index in [1.807, 2.05) is 73.4 Å². The first-order valence-electron chi connectivity index (χ1n) is 15.7. The topological polar surface area (TPSA) is 95.2 Å². The fourth-order valence-electron chi connectivity index (χ4n) is 7.14. The van der Waals surface area contributed by atoms with Crippen molar-refractivity contribution in [1.29, 1.82) is 0 Å². The summed E-state index contributed by atoms with van der Waals surface area (Å²) in [5, 5.41) is 3.94. The molecule has 10 heteroatoms. The molecule has 10 nitrogen and oxygen atoms in total. The van der Waals surface area contributed by atoms with Gasteiger partial charge >= 0.3 is 0 Å². The van der Waals surface area contributed by atoms with Crippen molar-refractivity contribution in [3.8, 4) is 22.8 Å². The molecule has 2 fully saturated rings. The lowest BCUT2D eigenvalue weighted by molar-refractivity contribution is 0.0248. The fourth-order valence-corrected chi connectivity index (χ4v) is 7.14. The third-order valence-corrected chi connectivity index (χ3v) is 9.59. The molecule has 1 amide bonds. The number of hydrogen-bond donors (Lipinski definition) is 1. The monoisotopic (exact) mass is 608 g/mol. The van der Waals surface area contributed by atoms with E-state index >= 15 is 0 Å². The molecule has 0 aliphatic carbocycles. The molecule has 0 radical (unpaired) electrons. The number of carbonyl (C=O) groups is 1. The zero-order valence-corrected chi connectivity index (χ0v) is 26.4. The van der Waals surface area contributed by atoms with Crippen LogP contribution in [0.3, 0.4) is 0 Å². The molecule has 0 saturated carbocycles. The Morgan fingerprint density at radius 2 is 1.78 bits per heavy atom. The molecule has 45 heavy (non-hydrogen) atoms. The Labute approximate surface area is 262 Å². The highest BCUT2D eigenvalue weighted by Gasteiger charge is 2.30. The van der Waals surface area contributed by atoms with Crippen molar-refractivity contribution in [2.45, 2.75) is 44.6 Å². The number of aryl methyl sites for hydroxylation is 2. The van der Waals surface area contributed by atoms with E-state index in [1.54, 1.807) is 14.2 Å². The minimum Gasteiger partial charge on any atom is -0.496 e. The summed E-state index contributed by atoms with van der Waals surface area (Å²) < 4.78 is 21.0. The van der Waals surface area contributed by atoms with Crippen LogP contribution in [0.4, 0.5) is 5.69 Å². The maximum atomic E-state index is 13.5. The standard InChI is InChI=1S/C35H40N6O4/c1-22-33-32(38-34(41(33)17-14-36-22)23-10-15-40(16-11-23)25-12-18-45-19-13-25)24-8-9-27(31(20-24)44-4)37-35(42)29-21-26-28(39(29)2)6-5-7-30(26)43-3/h5-9,14,17,20-21,23,25H,10-13,15-16,18-19H2,1-4H3,(H,37,42). The Morgan fingerprint density at radius 3 is 2.53 bits per heavy atom. The van der Waals surface area contributed by atoms with Gasteiger partial charge in [0, 0.05) is 55.6 Å². The van der Waals surface area contributed by atoms with Gasteiger partial charge in [-0.05, 0) is 76.0 Å². The summed E-state index contributed by atoms with van der Waals surface area (Å²) in [4.78, 5) is 26.0. The van der Waals surface area contributed by atoms with E-state index in [1.165, 1.54) is 0 Å². The number of anilines is 1. The van der Waals surface area contributed by atoms with Gasteiger partial charge in [-0.3, -0.25) is 14.2 Å². The number of carbonyl (C=O) groups excluding carboxylic acids is 1. The number of nitrogens with zero attached hydrogens (tertiary/aromatic N) is 5. The first-order valence-corrected chi connectivity index (χ1v) is 15.7. The molecule has 3 aromatic heterocycles. The molecule has 0 unspecified atom stereocenters. The molecular weight excluding hydrogens is 568 g/mol. The minimum atomic E-state index is -0.233. The molecule has 2 saturated heterocycles. The molecule has 0 spiro atoms. The van der Waals surface area contributed by atoms with E-state index in [-0.39, 0.29) is 5.91 Å². The van der Waals surface area contributed by atoms with E-state index in [0.29, 0.717) is 29.1 Å². The normalized spacial score (nSPS) is 16.8. The number of piperidine rings is 1. The van der Waals surface area contributed by atoms with Gasteiger partial charge < -0.3 is 29.0 Å². The minimum absolute atomic E-state index is 0.233. The Balaban J connectivity index is 1.17. The number of methoxy groups -OCH3 is 2. The number of rotatable bonds is 7. The number of fused-ring (bicyclic) bond motifs is 2. The van der Waals surface area contributed by atoms with Crippen LogP contribution in [0.1, 0.15) is 53.6 Å². The van der Waals surface area contributed by atoms with Gasteiger partial charge in [0.25, 0.3) is 5.91 Å². The van der Waals surface area contributed by atoms with Gasteiger partial charge in [0.2, 0.25) is 0 Å². The molecule has 0 bridgehead atoms. The largest absolute Gasteiger partial charge is 0.496 e. The summed E-state index contributed by atoms with van der Waals surface area (Å²) in [7, 11) is 5.13. The average molecular weight is 609 g/mol. The number of imidazole rings is 1. The van der Waals surface area contributed by atoms with Crippen molar-refractivity contribution < 1.29 is 19.0 Å². The van der Waals surface area contributed by atoms with E-state index in [0.717, 1.165) is 96.9 Å². The zero-order valence-electron chi connectivity index (χ0n) is 26.4. The Morgan fingerprint density at radius 1 is 1.00 bits per heavy atom. The van der Waals surface area contributed by atoms with E-state index in [4.69, 9.17) is 19.2 Å². The highest BCUT2D eigenvalue weighted by molar-refractivity contribution is 6.08. The number of benzene rings is 2. The quantitative estimate of drug-likeness (QED) is 0.249. The van der Waals surface area contributed by atoms with Gasteiger partial charge in [-0.1, -0.05) is 12.1 Å². The molecule has 7 rings (SSSR count). The summed E-state index contributed by atoms with van der Waals surface area (Å²) in [6.45, 7) is 5.93. The first kappa shape index (κ1) is 29.3. The van der Waals surface area contributed by atoms with Crippen LogP contribution < -0.4 is 14.8 Å². The van der Waals surface area contributed by atoms with Crippen molar-refractivity contribution >= 4 is 28.0 Å². The van der Waals surface area contributed by atoms with Gasteiger partial charge in [0.05, 0.1) is 42.3 Å². The molecule has 1 N–H and O–H groups in total. The lowest BCUT2D eigenvalue weighted by atomic mass is 9.93.